The van der Waals surface area contributed by atoms with Crippen LogP contribution < -0.4 is 15.4 Å². The second-order valence-corrected chi connectivity index (χ2v) is 6.90. The van der Waals surface area contributed by atoms with Crippen LogP contribution in [0, 0.1) is 0 Å². The third kappa shape index (κ3) is 3.02. The van der Waals surface area contributed by atoms with E-state index < -0.39 is 0 Å². The van der Waals surface area contributed by atoms with Crippen LogP contribution in [0.3, 0.4) is 0 Å². The number of amides is 2. The SMILES string of the molecule is C=C(c1cc2c(cc1OC)NC(=O)c1ccc(Cl)cc1N2)N1CCCC1=O. The molecule has 1 fully saturated rings. The molecule has 0 unspecified atom stereocenters. The van der Waals surface area contributed by atoms with E-state index in [0.717, 1.165) is 6.42 Å². The van der Waals surface area contributed by atoms with Gasteiger partial charge < -0.3 is 20.3 Å². The van der Waals surface area contributed by atoms with Gasteiger partial charge in [0.15, 0.2) is 0 Å². The van der Waals surface area contributed by atoms with Crippen LogP contribution in [0.5, 0.6) is 5.75 Å². The number of rotatable bonds is 3. The van der Waals surface area contributed by atoms with E-state index in [0.29, 0.717) is 57.6 Å². The molecule has 2 heterocycles. The van der Waals surface area contributed by atoms with Gasteiger partial charge in [0.05, 0.1) is 29.7 Å². The first-order chi connectivity index (χ1) is 13.0. The van der Waals surface area contributed by atoms with Crippen LogP contribution in [0.4, 0.5) is 17.1 Å². The molecule has 0 radical (unpaired) electrons. The van der Waals surface area contributed by atoms with E-state index in [2.05, 4.69) is 17.2 Å². The number of halogens is 1. The summed E-state index contributed by atoms with van der Waals surface area (Å²) in [5.74, 6) is 0.344. The smallest absolute Gasteiger partial charge is 0.257 e. The van der Waals surface area contributed by atoms with Gasteiger partial charge in [-0.2, -0.15) is 0 Å². The van der Waals surface area contributed by atoms with Crippen LogP contribution in [-0.2, 0) is 4.79 Å². The zero-order valence-electron chi connectivity index (χ0n) is 14.8. The first kappa shape index (κ1) is 17.4. The van der Waals surface area contributed by atoms with E-state index in [1.54, 1.807) is 36.3 Å². The van der Waals surface area contributed by atoms with Gasteiger partial charge in [0, 0.05) is 35.3 Å². The van der Waals surface area contributed by atoms with Gasteiger partial charge in [0.25, 0.3) is 5.91 Å². The monoisotopic (exact) mass is 383 g/mol. The van der Waals surface area contributed by atoms with Crippen molar-refractivity contribution in [3.05, 3.63) is 53.1 Å². The lowest BCUT2D eigenvalue weighted by atomic mass is 10.1. The van der Waals surface area contributed by atoms with Crippen molar-refractivity contribution in [2.45, 2.75) is 12.8 Å². The Hall–Kier alpha value is -2.99. The number of nitrogens with zero attached hydrogens (tertiary/aromatic N) is 1. The van der Waals surface area contributed by atoms with Crippen molar-refractivity contribution in [2.24, 2.45) is 0 Å². The number of fused-ring (bicyclic) bond motifs is 2. The van der Waals surface area contributed by atoms with Crippen molar-refractivity contribution in [2.75, 3.05) is 24.3 Å². The molecule has 2 amide bonds. The summed E-state index contributed by atoms with van der Waals surface area (Å²) in [6.07, 6.45) is 1.33. The van der Waals surface area contributed by atoms with Crippen molar-refractivity contribution < 1.29 is 14.3 Å². The standard InChI is InChI=1S/C20H18ClN3O3/c1-11(24-7-3-4-19(24)25)14-9-16-17(10-18(14)27-2)23-20(26)13-6-5-12(21)8-15(13)22-16/h5-6,8-10,22H,1,3-4,7H2,2H3,(H,23,26). The van der Waals surface area contributed by atoms with Gasteiger partial charge >= 0.3 is 0 Å². The first-order valence-corrected chi connectivity index (χ1v) is 8.95. The van der Waals surface area contributed by atoms with Crippen LogP contribution in [0.25, 0.3) is 5.70 Å². The molecule has 1 saturated heterocycles. The summed E-state index contributed by atoms with van der Waals surface area (Å²) in [5, 5.41) is 6.66. The highest BCUT2D eigenvalue weighted by Crippen LogP contribution is 2.40. The minimum Gasteiger partial charge on any atom is -0.496 e. The van der Waals surface area contributed by atoms with Crippen LogP contribution >= 0.6 is 11.6 Å². The number of hydrogen-bond acceptors (Lipinski definition) is 4. The largest absolute Gasteiger partial charge is 0.496 e. The third-order valence-corrected chi connectivity index (χ3v) is 5.03. The number of carbonyl (C=O) groups is 2. The van der Waals surface area contributed by atoms with E-state index in [-0.39, 0.29) is 11.8 Å². The fraction of sp³-hybridized carbons (Fsp3) is 0.200. The van der Waals surface area contributed by atoms with Gasteiger partial charge in [-0.15, -0.1) is 0 Å². The topological polar surface area (TPSA) is 70.7 Å². The normalized spacial score (nSPS) is 15.4. The van der Waals surface area contributed by atoms with E-state index in [4.69, 9.17) is 16.3 Å². The van der Waals surface area contributed by atoms with Crippen LogP contribution in [0.15, 0.2) is 36.9 Å². The van der Waals surface area contributed by atoms with Gasteiger partial charge in [-0.25, -0.2) is 0 Å². The quantitative estimate of drug-likeness (QED) is 0.831. The van der Waals surface area contributed by atoms with E-state index >= 15 is 0 Å². The van der Waals surface area contributed by atoms with Crippen molar-refractivity contribution in [3.63, 3.8) is 0 Å². The Balaban J connectivity index is 1.80. The van der Waals surface area contributed by atoms with E-state index in [9.17, 15) is 9.59 Å². The molecule has 4 rings (SSSR count). The van der Waals surface area contributed by atoms with Gasteiger partial charge in [0.2, 0.25) is 5.91 Å². The Morgan fingerprint density at radius 1 is 1.15 bits per heavy atom. The van der Waals surface area contributed by atoms with Crippen LogP contribution in [0.1, 0.15) is 28.8 Å². The summed E-state index contributed by atoms with van der Waals surface area (Å²) in [6, 6.07) is 8.61. The van der Waals surface area contributed by atoms with E-state index in [1.807, 2.05) is 6.07 Å². The Kier molecular flexibility index (Phi) is 4.28. The highest BCUT2D eigenvalue weighted by Gasteiger charge is 2.27. The minimum absolute atomic E-state index is 0.0513. The number of methoxy groups -OCH3 is 1. The molecule has 0 aromatic heterocycles. The number of nitrogens with one attached hydrogen (secondary N) is 2. The lowest BCUT2D eigenvalue weighted by Gasteiger charge is -2.22. The van der Waals surface area contributed by atoms with Crippen LogP contribution in [-0.4, -0.2) is 30.4 Å². The number of ether oxygens (including phenoxy) is 1. The highest BCUT2D eigenvalue weighted by molar-refractivity contribution is 6.31. The van der Waals surface area contributed by atoms with Crippen molar-refractivity contribution >= 4 is 46.2 Å². The number of likely N-dealkylation sites (tertiary alicyclic amines) is 1. The zero-order valence-corrected chi connectivity index (χ0v) is 15.5. The van der Waals surface area contributed by atoms with Crippen molar-refractivity contribution in [1.29, 1.82) is 0 Å². The molecule has 2 aliphatic rings. The number of hydrogen-bond donors (Lipinski definition) is 2. The minimum atomic E-state index is -0.240. The molecule has 2 N–H and O–H groups in total. The predicted octanol–water partition coefficient (Wildman–Crippen LogP) is 4.25. The highest BCUT2D eigenvalue weighted by atomic mass is 35.5. The molecular weight excluding hydrogens is 366 g/mol. The summed E-state index contributed by atoms with van der Waals surface area (Å²) in [7, 11) is 1.55. The Morgan fingerprint density at radius 3 is 2.63 bits per heavy atom. The zero-order chi connectivity index (χ0) is 19.1. The molecule has 6 nitrogen and oxygen atoms in total. The Labute approximate surface area is 161 Å². The molecule has 0 bridgehead atoms. The molecule has 138 valence electrons. The number of carbonyl (C=O) groups excluding carboxylic acids is 2. The lowest BCUT2D eigenvalue weighted by molar-refractivity contribution is -0.124. The van der Waals surface area contributed by atoms with Crippen molar-refractivity contribution in [3.8, 4) is 5.75 Å². The molecule has 0 saturated carbocycles. The van der Waals surface area contributed by atoms with Crippen molar-refractivity contribution in [1.82, 2.24) is 4.90 Å². The molecule has 2 aromatic rings. The third-order valence-electron chi connectivity index (χ3n) is 4.79. The van der Waals surface area contributed by atoms with Gasteiger partial charge in [0.1, 0.15) is 5.75 Å². The fourth-order valence-electron chi connectivity index (χ4n) is 3.41. The summed E-state index contributed by atoms with van der Waals surface area (Å²) in [5.41, 5.74) is 3.63. The maximum Gasteiger partial charge on any atom is 0.257 e. The molecule has 7 heteroatoms. The Bertz CT molecular complexity index is 987. The van der Waals surface area contributed by atoms with E-state index in [1.165, 1.54) is 0 Å². The first-order valence-electron chi connectivity index (χ1n) is 8.57. The molecule has 27 heavy (non-hydrogen) atoms. The van der Waals surface area contributed by atoms with Gasteiger partial charge in [-0.3, -0.25) is 9.59 Å². The predicted molar refractivity (Wildman–Crippen MR) is 106 cm³/mol. The Morgan fingerprint density at radius 2 is 1.93 bits per heavy atom. The summed E-state index contributed by atoms with van der Waals surface area (Å²) >= 11 is 6.09. The average molecular weight is 384 g/mol. The summed E-state index contributed by atoms with van der Waals surface area (Å²) in [4.78, 5) is 26.3. The number of benzene rings is 2. The molecule has 2 aromatic carbocycles. The molecular formula is C20H18ClN3O3. The summed E-state index contributed by atoms with van der Waals surface area (Å²) < 4.78 is 5.50. The fourth-order valence-corrected chi connectivity index (χ4v) is 3.58. The lowest BCUT2D eigenvalue weighted by Crippen LogP contribution is -2.22. The van der Waals surface area contributed by atoms with Gasteiger partial charge in [-0.05, 0) is 30.7 Å². The van der Waals surface area contributed by atoms with Gasteiger partial charge in [-0.1, -0.05) is 18.2 Å². The molecule has 2 aliphatic heterocycles. The maximum absolute atomic E-state index is 12.5. The average Bonchev–Trinajstić information content (AvgIpc) is 3.02. The van der Waals surface area contributed by atoms with Crippen LogP contribution in [0.2, 0.25) is 5.02 Å². The second kappa shape index (κ2) is 6.63. The summed E-state index contributed by atoms with van der Waals surface area (Å²) in [6.45, 7) is 4.74. The molecule has 0 atom stereocenters. The number of anilines is 3. The molecule has 0 spiro atoms. The second-order valence-electron chi connectivity index (χ2n) is 6.46. The molecule has 0 aliphatic carbocycles. The maximum atomic E-state index is 12.5.